The quantitative estimate of drug-likeness (QED) is 0.776. The number of hydrogen-bond donors (Lipinski definition) is 1. The van der Waals surface area contributed by atoms with E-state index in [1.807, 2.05) is 11.8 Å². The van der Waals surface area contributed by atoms with E-state index in [0.717, 1.165) is 12.3 Å². The van der Waals surface area contributed by atoms with Gasteiger partial charge in [-0.1, -0.05) is 44.2 Å². The fraction of sp³-hybridized carbons (Fsp3) is 0.571. The minimum absolute atomic E-state index is 0.628. The lowest BCUT2D eigenvalue weighted by molar-refractivity contribution is 0.530. The van der Waals surface area contributed by atoms with Gasteiger partial charge in [0.1, 0.15) is 0 Å². The molecule has 0 aliphatic carbocycles. The highest BCUT2D eigenvalue weighted by Gasteiger charge is 2.07. The second-order valence-electron chi connectivity index (χ2n) is 4.30. The standard InChI is InChI=1S/C14H23NS/c1-4-15-12(2)10-13(3)16-11-14-8-6-5-7-9-14/h5-9,12-13,15H,4,10-11H2,1-3H3. The van der Waals surface area contributed by atoms with E-state index < -0.39 is 0 Å². The molecule has 0 radical (unpaired) electrons. The molecule has 0 saturated carbocycles. The summed E-state index contributed by atoms with van der Waals surface area (Å²) in [6.07, 6.45) is 1.24. The van der Waals surface area contributed by atoms with Gasteiger partial charge in [0.2, 0.25) is 0 Å². The molecule has 1 nitrogen and oxygen atoms in total. The van der Waals surface area contributed by atoms with Crippen molar-refractivity contribution in [2.45, 2.75) is 44.2 Å². The predicted octanol–water partition coefficient (Wildman–Crippen LogP) is 3.70. The third-order valence-corrected chi connectivity index (χ3v) is 3.88. The minimum atomic E-state index is 0.628. The molecule has 0 aliphatic rings. The molecule has 0 fully saturated rings. The average Bonchev–Trinajstić information content (AvgIpc) is 2.28. The van der Waals surface area contributed by atoms with Crippen LogP contribution in [0.4, 0.5) is 0 Å². The Labute approximate surface area is 104 Å². The fourth-order valence-corrected chi connectivity index (χ4v) is 2.90. The first-order valence-electron chi connectivity index (χ1n) is 6.11. The van der Waals surface area contributed by atoms with E-state index in [9.17, 15) is 0 Å². The highest BCUT2D eigenvalue weighted by molar-refractivity contribution is 7.99. The van der Waals surface area contributed by atoms with Crippen LogP contribution in [0.15, 0.2) is 30.3 Å². The van der Waals surface area contributed by atoms with Crippen molar-refractivity contribution in [3.63, 3.8) is 0 Å². The van der Waals surface area contributed by atoms with Crippen molar-refractivity contribution in [1.82, 2.24) is 5.32 Å². The van der Waals surface area contributed by atoms with Gasteiger partial charge in [-0.15, -0.1) is 0 Å². The molecular formula is C14H23NS. The molecule has 1 rings (SSSR count). The summed E-state index contributed by atoms with van der Waals surface area (Å²) in [6, 6.07) is 11.3. The smallest absolute Gasteiger partial charge is 0.0187 e. The zero-order valence-corrected chi connectivity index (χ0v) is 11.4. The minimum Gasteiger partial charge on any atom is -0.314 e. The molecule has 1 N–H and O–H groups in total. The van der Waals surface area contributed by atoms with Crippen LogP contribution < -0.4 is 5.32 Å². The molecule has 0 spiro atoms. The lowest BCUT2D eigenvalue weighted by Crippen LogP contribution is -2.28. The summed E-state index contributed by atoms with van der Waals surface area (Å²) >= 11 is 2.04. The number of hydrogen-bond acceptors (Lipinski definition) is 2. The molecule has 0 saturated heterocycles. The first kappa shape index (κ1) is 13.6. The van der Waals surface area contributed by atoms with Crippen LogP contribution in [0, 0.1) is 0 Å². The molecule has 0 bridgehead atoms. The Morgan fingerprint density at radius 3 is 2.50 bits per heavy atom. The molecule has 0 heterocycles. The molecule has 90 valence electrons. The van der Waals surface area contributed by atoms with Gasteiger partial charge >= 0.3 is 0 Å². The van der Waals surface area contributed by atoms with Gasteiger partial charge < -0.3 is 5.32 Å². The van der Waals surface area contributed by atoms with Crippen LogP contribution in [0.3, 0.4) is 0 Å². The molecule has 2 atom stereocenters. The van der Waals surface area contributed by atoms with Crippen molar-refractivity contribution in [1.29, 1.82) is 0 Å². The van der Waals surface area contributed by atoms with Crippen molar-refractivity contribution >= 4 is 11.8 Å². The van der Waals surface area contributed by atoms with Crippen LogP contribution in [0.5, 0.6) is 0 Å². The van der Waals surface area contributed by atoms with E-state index in [2.05, 4.69) is 56.4 Å². The molecule has 0 amide bonds. The molecule has 2 heteroatoms. The fourth-order valence-electron chi connectivity index (χ4n) is 1.81. The highest BCUT2D eigenvalue weighted by atomic mass is 32.2. The zero-order chi connectivity index (χ0) is 11.8. The summed E-state index contributed by atoms with van der Waals surface area (Å²) in [5.41, 5.74) is 1.43. The lowest BCUT2D eigenvalue weighted by Gasteiger charge is -2.17. The van der Waals surface area contributed by atoms with Gasteiger partial charge in [-0.05, 0) is 25.5 Å². The normalized spacial score (nSPS) is 14.7. The van der Waals surface area contributed by atoms with E-state index in [1.54, 1.807) is 0 Å². The average molecular weight is 237 g/mol. The van der Waals surface area contributed by atoms with Crippen molar-refractivity contribution in [2.75, 3.05) is 6.54 Å². The van der Waals surface area contributed by atoms with E-state index >= 15 is 0 Å². The molecule has 2 unspecified atom stereocenters. The van der Waals surface area contributed by atoms with Crippen LogP contribution in [0.2, 0.25) is 0 Å². The van der Waals surface area contributed by atoms with Gasteiger partial charge in [-0.2, -0.15) is 11.8 Å². The van der Waals surface area contributed by atoms with Crippen molar-refractivity contribution in [3.05, 3.63) is 35.9 Å². The van der Waals surface area contributed by atoms with Crippen molar-refractivity contribution in [3.8, 4) is 0 Å². The summed E-state index contributed by atoms with van der Waals surface area (Å²) in [4.78, 5) is 0. The third-order valence-electron chi connectivity index (χ3n) is 2.62. The Balaban J connectivity index is 2.22. The maximum absolute atomic E-state index is 3.46. The predicted molar refractivity (Wildman–Crippen MR) is 75.0 cm³/mol. The molecule has 1 aromatic rings. The Bertz CT molecular complexity index is 273. The van der Waals surface area contributed by atoms with Crippen LogP contribution in [0.25, 0.3) is 0 Å². The van der Waals surface area contributed by atoms with Gasteiger partial charge in [-0.3, -0.25) is 0 Å². The Kier molecular flexibility index (Phi) is 6.58. The molecule has 16 heavy (non-hydrogen) atoms. The highest BCUT2D eigenvalue weighted by Crippen LogP contribution is 2.20. The van der Waals surface area contributed by atoms with Crippen LogP contribution in [-0.2, 0) is 5.75 Å². The van der Waals surface area contributed by atoms with Gasteiger partial charge in [0.25, 0.3) is 0 Å². The number of thioether (sulfide) groups is 1. The SMILES string of the molecule is CCNC(C)CC(C)SCc1ccccc1. The van der Waals surface area contributed by atoms with Gasteiger partial charge in [0.05, 0.1) is 0 Å². The Hall–Kier alpha value is -0.470. The van der Waals surface area contributed by atoms with Crippen LogP contribution >= 0.6 is 11.8 Å². The summed E-state index contributed by atoms with van der Waals surface area (Å²) in [6.45, 7) is 7.82. The number of benzene rings is 1. The maximum atomic E-state index is 3.46. The summed E-state index contributed by atoms with van der Waals surface area (Å²) < 4.78 is 0. The molecular weight excluding hydrogens is 214 g/mol. The topological polar surface area (TPSA) is 12.0 Å². The van der Waals surface area contributed by atoms with E-state index in [1.165, 1.54) is 12.0 Å². The second-order valence-corrected chi connectivity index (χ2v) is 5.73. The molecule has 1 aromatic carbocycles. The van der Waals surface area contributed by atoms with Gasteiger partial charge in [0, 0.05) is 17.0 Å². The number of nitrogens with one attached hydrogen (secondary N) is 1. The monoisotopic (exact) mass is 237 g/mol. The van der Waals surface area contributed by atoms with Crippen molar-refractivity contribution in [2.24, 2.45) is 0 Å². The van der Waals surface area contributed by atoms with E-state index in [4.69, 9.17) is 0 Å². The zero-order valence-electron chi connectivity index (χ0n) is 10.6. The summed E-state index contributed by atoms with van der Waals surface area (Å²) in [5, 5.41) is 4.18. The number of rotatable bonds is 7. The van der Waals surface area contributed by atoms with E-state index in [0.29, 0.717) is 11.3 Å². The van der Waals surface area contributed by atoms with Gasteiger partial charge in [-0.25, -0.2) is 0 Å². The molecule has 0 aromatic heterocycles. The third kappa shape index (κ3) is 5.57. The van der Waals surface area contributed by atoms with Crippen LogP contribution in [0.1, 0.15) is 32.8 Å². The lowest BCUT2D eigenvalue weighted by atomic mass is 10.2. The van der Waals surface area contributed by atoms with Crippen LogP contribution in [-0.4, -0.2) is 17.8 Å². The second kappa shape index (κ2) is 7.75. The van der Waals surface area contributed by atoms with Gasteiger partial charge in [0.15, 0.2) is 0 Å². The summed E-state index contributed by atoms with van der Waals surface area (Å²) in [7, 11) is 0. The first-order chi connectivity index (χ1) is 7.72. The first-order valence-corrected chi connectivity index (χ1v) is 7.16. The Morgan fingerprint density at radius 2 is 1.88 bits per heavy atom. The Morgan fingerprint density at radius 1 is 1.19 bits per heavy atom. The van der Waals surface area contributed by atoms with E-state index in [-0.39, 0.29) is 0 Å². The molecule has 0 aliphatic heterocycles. The van der Waals surface area contributed by atoms with Crippen molar-refractivity contribution < 1.29 is 0 Å². The maximum Gasteiger partial charge on any atom is 0.0187 e. The summed E-state index contributed by atoms with van der Waals surface area (Å²) in [5.74, 6) is 1.13. The largest absolute Gasteiger partial charge is 0.314 e.